The minimum absolute atomic E-state index is 1.16. The Morgan fingerprint density at radius 1 is 0.850 bits per heavy atom. The standard InChI is InChI=1S/C18H18.C2H6/c1-3-8-15(9-4-1)17-12-7-13-18(14-17)16-10-5-2-6-11-16;1-2/h1-5,8-10,12,14H,6-7,11,13H2;1-2H3. The van der Waals surface area contributed by atoms with Crippen molar-refractivity contribution in [2.45, 2.75) is 39.5 Å². The van der Waals surface area contributed by atoms with E-state index < -0.39 is 0 Å². The van der Waals surface area contributed by atoms with E-state index in [2.05, 4.69) is 60.7 Å². The van der Waals surface area contributed by atoms with Crippen LogP contribution in [0.3, 0.4) is 0 Å². The quantitative estimate of drug-likeness (QED) is 0.606. The summed E-state index contributed by atoms with van der Waals surface area (Å²) in [6.45, 7) is 4.00. The van der Waals surface area contributed by atoms with E-state index in [-0.39, 0.29) is 0 Å². The highest BCUT2D eigenvalue weighted by atomic mass is 14.2. The molecule has 0 nitrogen and oxygen atoms in total. The molecular formula is C20H24. The zero-order valence-electron chi connectivity index (χ0n) is 12.6. The van der Waals surface area contributed by atoms with Crippen LogP contribution in [0.15, 0.2) is 71.9 Å². The van der Waals surface area contributed by atoms with E-state index in [0.717, 1.165) is 6.42 Å². The molecule has 0 radical (unpaired) electrons. The van der Waals surface area contributed by atoms with Gasteiger partial charge in [-0.25, -0.2) is 0 Å². The minimum Gasteiger partial charge on any atom is -0.0842 e. The highest BCUT2D eigenvalue weighted by Crippen LogP contribution is 2.31. The average molecular weight is 264 g/mol. The lowest BCUT2D eigenvalue weighted by Crippen LogP contribution is -1.98. The highest BCUT2D eigenvalue weighted by Gasteiger charge is 2.11. The topological polar surface area (TPSA) is 0 Å². The molecule has 104 valence electrons. The van der Waals surface area contributed by atoms with Crippen molar-refractivity contribution in [3.63, 3.8) is 0 Å². The summed E-state index contributed by atoms with van der Waals surface area (Å²) in [6.07, 6.45) is 16.2. The number of benzene rings is 1. The van der Waals surface area contributed by atoms with Crippen LogP contribution in [0.1, 0.15) is 45.1 Å². The first-order chi connectivity index (χ1) is 9.93. The lowest BCUT2D eigenvalue weighted by atomic mass is 9.87. The normalized spacial score (nSPS) is 17.4. The van der Waals surface area contributed by atoms with E-state index in [9.17, 15) is 0 Å². The van der Waals surface area contributed by atoms with Crippen LogP contribution in [0.2, 0.25) is 0 Å². The summed E-state index contributed by atoms with van der Waals surface area (Å²) in [5.74, 6) is 0. The number of allylic oxidation sites excluding steroid dienone is 8. The van der Waals surface area contributed by atoms with E-state index in [1.54, 1.807) is 0 Å². The summed E-state index contributed by atoms with van der Waals surface area (Å²) in [4.78, 5) is 0. The fourth-order valence-corrected chi connectivity index (χ4v) is 2.66. The van der Waals surface area contributed by atoms with Crippen molar-refractivity contribution < 1.29 is 0 Å². The zero-order valence-corrected chi connectivity index (χ0v) is 12.6. The van der Waals surface area contributed by atoms with Crippen molar-refractivity contribution in [3.8, 4) is 0 Å². The summed E-state index contributed by atoms with van der Waals surface area (Å²) in [5.41, 5.74) is 5.77. The highest BCUT2D eigenvalue weighted by molar-refractivity contribution is 5.76. The van der Waals surface area contributed by atoms with E-state index in [4.69, 9.17) is 0 Å². The first-order valence-electron chi connectivity index (χ1n) is 7.76. The Morgan fingerprint density at radius 2 is 1.60 bits per heavy atom. The molecule has 1 aromatic rings. The largest absolute Gasteiger partial charge is 0.0842 e. The van der Waals surface area contributed by atoms with Crippen molar-refractivity contribution in [1.82, 2.24) is 0 Å². The molecular weight excluding hydrogens is 240 g/mol. The van der Waals surface area contributed by atoms with Crippen molar-refractivity contribution in [3.05, 3.63) is 77.4 Å². The first kappa shape index (κ1) is 14.6. The Hall–Kier alpha value is -1.82. The van der Waals surface area contributed by atoms with Gasteiger partial charge in [0.05, 0.1) is 0 Å². The molecule has 0 saturated carbocycles. The summed E-state index contributed by atoms with van der Waals surface area (Å²) >= 11 is 0. The summed E-state index contributed by atoms with van der Waals surface area (Å²) < 4.78 is 0. The maximum Gasteiger partial charge on any atom is -0.0187 e. The van der Waals surface area contributed by atoms with Crippen LogP contribution in [0.4, 0.5) is 0 Å². The lowest BCUT2D eigenvalue weighted by Gasteiger charge is -2.18. The van der Waals surface area contributed by atoms with Crippen LogP contribution in [-0.4, -0.2) is 0 Å². The summed E-state index contributed by atoms with van der Waals surface area (Å²) in [5, 5.41) is 0. The Kier molecular flexibility index (Phi) is 5.61. The third kappa shape index (κ3) is 3.60. The third-order valence-electron chi connectivity index (χ3n) is 3.64. The predicted molar refractivity (Wildman–Crippen MR) is 89.5 cm³/mol. The molecule has 0 saturated heterocycles. The zero-order chi connectivity index (χ0) is 14.2. The van der Waals surface area contributed by atoms with E-state index in [0.29, 0.717) is 0 Å². The molecule has 20 heavy (non-hydrogen) atoms. The van der Waals surface area contributed by atoms with Crippen molar-refractivity contribution in [2.24, 2.45) is 0 Å². The van der Waals surface area contributed by atoms with Gasteiger partial charge >= 0.3 is 0 Å². The maximum atomic E-state index is 2.38. The molecule has 0 bridgehead atoms. The first-order valence-corrected chi connectivity index (χ1v) is 7.76. The minimum atomic E-state index is 1.16. The van der Waals surface area contributed by atoms with Gasteiger partial charge in [-0.3, -0.25) is 0 Å². The van der Waals surface area contributed by atoms with Gasteiger partial charge in [-0.05, 0) is 48.0 Å². The van der Waals surface area contributed by atoms with Gasteiger partial charge in [0.2, 0.25) is 0 Å². The Labute approximate surface area is 123 Å². The van der Waals surface area contributed by atoms with E-state index >= 15 is 0 Å². The molecule has 0 fully saturated rings. The van der Waals surface area contributed by atoms with Gasteiger partial charge in [0, 0.05) is 0 Å². The molecule has 2 aliphatic carbocycles. The molecule has 0 aromatic heterocycles. The van der Waals surface area contributed by atoms with Crippen LogP contribution < -0.4 is 0 Å². The van der Waals surface area contributed by atoms with Crippen LogP contribution in [0, 0.1) is 0 Å². The fraction of sp³-hybridized carbons (Fsp3) is 0.300. The second kappa shape index (κ2) is 7.69. The van der Waals surface area contributed by atoms with Crippen molar-refractivity contribution in [1.29, 1.82) is 0 Å². The van der Waals surface area contributed by atoms with Gasteiger partial charge < -0.3 is 0 Å². The Balaban J connectivity index is 0.000000704. The number of rotatable bonds is 2. The van der Waals surface area contributed by atoms with Crippen LogP contribution >= 0.6 is 0 Å². The summed E-state index contributed by atoms with van der Waals surface area (Å²) in [7, 11) is 0. The molecule has 0 heterocycles. The van der Waals surface area contributed by atoms with Gasteiger partial charge in [-0.15, -0.1) is 0 Å². The van der Waals surface area contributed by atoms with Crippen molar-refractivity contribution in [2.75, 3.05) is 0 Å². The van der Waals surface area contributed by atoms with Gasteiger partial charge in [-0.1, -0.05) is 74.6 Å². The third-order valence-corrected chi connectivity index (χ3v) is 3.64. The second-order valence-corrected chi connectivity index (χ2v) is 4.89. The molecule has 0 heteroatoms. The summed E-state index contributed by atoms with van der Waals surface area (Å²) in [6, 6.07) is 10.7. The van der Waals surface area contributed by atoms with E-state index in [1.807, 2.05) is 13.8 Å². The molecule has 0 aliphatic heterocycles. The smallest absolute Gasteiger partial charge is 0.0187 e. The van der Waals surface area contributed by atoms with Gasteiger partial charge in [0.1, 0.15) is 0 Å². The molecule has 2 aliphatic rings. The second-order valence-electron chi connectivity index (χ2n) is 4.89. The van der Waals surface area contributed by atoms with E-state index in [1.165, 1.54) is 41.5 Å². The number of hydrogen-bond donors (Lipinski definition) is 0. The van der Waals surface area contributed by atoms with Gasteiger partial charge in [-0.2, -0.15) is 0 Å². The molecule has 3 rings (SSSR count). The SMILES string of the molecule is C1=CCCC(C2=CC(c3ccccc3)=CCC2)=C1.CC. The lowest BCUT2D eigenvalue weighted by molar-refractivity contribution is 0.900. The Bertz CT molecular complexity index is 539. The molecule has 0 unspecified atom stereocenters. The van der Waals surface area contributed by atoms with Gasteiger partial charge in [0.25, 0.3) is 0 Å². The van der Waals surface area contributed by atoms with Gasteiger partial charge in [0.15, 0.2) is 0 Å². The molecule has 0 spiro atoms. The maximum absolute atomic E-state index is 2.38. The Morgan fingerprint density at radius 3 is 2.30 bits per heavy atom. The fourth-order valence-electron chi connectivity index (χ4n) is 2.66. The molecule has 0 N–H and O–H groups in total. The number of hydrogen-bond acceptors (Lipinski definition) is 0. The molecule has 0 atom stereocenters. The monoisotopic (exact) mass is 264 g/mol. The van der Waals surface area contributed by atoms with Crippen LogP contribution in [-0.2, 0) is 0 Å². The van der Waals surface area contributed by atoms with Crippen LogP contribution in [0.25, 0.3) is 5.57 Å². The average Bonchev–Trinajstić information content (AvgIpc) is 2.58. The molecule has 1 aromatic carbocycles. The predicted octanol–water partition coefficient (Wildman–Crippen LogP) is 6.09. The molecule has 0 amide bonds. The van der Waals surface area contributed by atoms with Crippen molar-refractivity contribution >= 4 is 5.57 Å². The van der Waals surface area contributed by atoms with Crippen LogP contribution in [0.5, 0.6) is 0 Å².